The second kappa shape index (κ2) is 11.5. The highest BCUT2D eigenvalue weighted by Gasteiger charge is 2.60. The van der Waals surface area contributed by atoms with E-state index in [0.29, 0.717) is 0 Å². The van der Waals surface area contributed by atoms with Crippen LogP contribution < -0.4 is 0 Å². The van der Waals surface area contributed by atoms with E-state index in [9.17, 15) is 0 Å². The van der Waals surface area contributed by atoms with Crippen molar-refractivity contribution in [1.29, 1.82) is 0 Å². The topological polar surface area (TPSA) is 0 Å². The van der Waals surface area contributed by atoms with Gasteiger partial charge >= 0.3 is 0 Å². The van der Waals surface area contributed by atoms with Gasteiger partial charge in [0.2, 0.25) is 0 Å². The molecule has 1 atom stereocenters. The fourth-order valence-electron chi connectivity index (χ4n) is 11.6. The molecule has 1 aromatic heterocycles. The van der Waals surface area contributed by atoms with Crippen LogP contribution in [0.1, 0.15) is 57.3 Å². The molecule has 0 saturated carbocycles. The summed E-state index contributed by atoms with van der Waals surface area (Å²) >= 11 is 1.88. The van der Waals surface area contributed by atoms with Gasteiger partial charge in [-0.15, -0.1) is 11.3 Å². The van der Waals surface area contributed by atoms with E-state index in [-0.39, 0.29) is 0 Å². The van der Waals surface area contributed by atoms with Crippen molar-refractivity contribution in [2.45, 2.75) is 23.7 Å². The lowest BCUT2D eigenvalue weighted by molar-refractivity contribution is 0.630. The number of hydrogen-bond donors (Lipinski definition) is 0. The van der Waals surface area contributed by atoms with Crippen molar-refractivity contribution in [3.63, 3.8) is 0 Å². The van der Waals surface area contributed by atoms with Crippen LogP contribution in [0.4, 0.5) is 0 Å². The van der Waals surface area contributed by atoms with Crippen molar-refractivity contribution in [2.75, 3.05) is 0 Å². The van der Waals surface area contributed by atoms with E-state index < -0.39 is 10.8 Å². The normalized spacial score (nSPS) is 17.8. The molecule has 1 heterocycles. The molecule has 57 heavy (non-hydrogen) atoms. The predicted octanol–water partition coefficient (Wildman–Crippen LogP) is 14.5. The van der Waals surface area contributed by atoms with Crippen LogP contribution in [0.5, 0.6) is 0 Å². The Kier molecular flexibility index (Phi) is 6.39. The number of benzene rings is 8. The Morgan fingerprint density at radius 1 is 0.386 bits per heavy atom. The molecule has 4 aliphatic rings. The Labute approximate surface area is 336 Å². The Morgan fingerprint density at radius 2 is 0.930 bits per heavy atom. The van der Waals surface area contributed by atoms with E-state index >= 15 is 0 Å². The zero-order valence-electron chi connectivity index (χ0n) is 31.3. The summed E-state index contributed by atoms with van der Waals surface area (Å²) < 4.78 is 2.68. The van der Waals surface area contributed by atoms with Crippen LogP contribution in [0.2, 0.25) is 0 Å². The number of fused-ring (bicyclic) bond motifs is 18. The highest BCUT2D eigenvalue weighted by atomic mass is 32.1. The van der Waals surface area contributed by atoms with Gasteiger partial charge in [-0.3, -0.25) is 0 Å². The lowest BCUT2D eigenvalue weighted by Crippen LogP contribution is -2.44. The van der Waals surface area contributed by atoms with Gasteiger partial charge in [-0.05, 0) is 114 Å². The van der Waals surface area contributed by atoms with Crippen LogP contribution in [-0.2, 0) is 10.8 Å². The Bertz CT molecular complexity index is 3200. The number of hydrogen-bond acceptors (Lipinski definition) is 1. The zero-order chi connectivity index (χ0) is 37.3. The van der Waals surface area contributed by atoms with Gasteiger partial charge in [0.15, 0.2) is 0 Å². The number of rotatable bonds is 2. The summed E-state index contributed by atoms with van der Waals surface area (Å²) in [6.07, 6.45) is 7.03. The zero-order valence-corrected chi connectivity index (χ0v) is 32.1. The Hall–Kier alpha value is -6.54. The van der Waals surface area contributed by atoms with Gasteiger partial charge < -0.3 is 0 Å². The summed E-state index contributed by atoms with van der Waals surface area (Å²) in [6, 6.07) is 69.5. The first-order valence-corrected chi connectivity index (χ1v) is 21.0. The minimum Gasteiger partial charge on any atom is -0.135 e. The second-order valence-corrected chi connectivity index (χ2v) is 17.2. The first-order valence-electron chi connectivity index (χ1n) is 20.2. The van der Waals surface area contributed by atoms with Gasteiger partial charge in [0.05, 0.1) is 10.8 Å². The molecule has 0 saturated heterocycles. The van der Waals surface area contributed by atoms with Crippen LogP contribution in [0.25, 0.3) is 59.1 Å². The SMILES string of the molecule is C1=CC2=C(CC1)c1ccccc1C21c2ccccc2C2(c3ccccc3-c3ccccc32)c2cccc(-c3ccc(-c4ccc5c(c4)sc4ccccc45)cc3)c21. The van der Waals surface area contributed by atoms with Crippen LogP contribution >= 0.6 is 11.3 Å². The molecule has 266 valence electrons. The van der Waals surface area contributed by atoms with E-state index in [0.717, 1.165) is 12.8 Å². The molecular weight excluding hydrogens is 705 g/mol. The molecule has 0 fully saturated rings. The van der Waals surface area contributed by atoms with Crippen LogP contribution in [0.3, 0.4) is 0 Å². The molecule has 4 aliphatic carbocycles. The minimum absolute atomic E-state index is 0.476. The summed E-state index contributed by atoms with van der Waals surface area (Å²) in [5, 5.41) is 2.68. The maximum Gasteiger partial charge on any atom is 0.0722 e. The highest BCUT2D eigenvalue weighted by Crippen LogP contribution is 2.68. The lowest BCUT2D eigenvalue weighted by atomic mass is 9.51. The predicted molar refractivity (Wildman–Crippen MR) is 239 cm³/mol. The molecule has 13 rings (SSSR count). The van der Waals surface area contributed by atoms with Crippen molar-refractivity contribution in [2.24, 2.45) is 0 Å². The number of thiophene rings is 1. The van der Waals surface area contributed by atoms with Crippen molar-refractivity contribution in [3.05, 3.63) is 244 Å². The second-order valence-electron chi connectivity index (χ2n) is 16.1. The summed E-state index contributed by atoms with van der Waals surface area (Å²) in [4.78, 5) is 0. The molecule has 0 amide bonds. The number of allylic oxidation sites excluding steroid dienone is 4. The summed E-state index contributed by atoms with van der Waals surface area (Å²) in [5.41, 5.74) is 20.9. The third kappa shape index (κ3) is 3.93. The van der Waals surface area contributed by atoms with Crippen molar-refractivity contribution in [1.82, 2.24) is 0 Å². The molecule has 1 heteroatoms. The van der Waals surface area contributed by atoms with E-state index in [4.69, 9.17) is 0 Å². The van der Waals surface area contributed by atoms with Crippen LogP contribution in [-0.4, -0.2) is 0 Å². The average molecular weight is 741 g/mol. The fourth-order valence-corrected chi connectivity index (χ4v) is 12.7. The fraction of sp³-hybridized carbons (Fsp3) is 0.0714. The first kappa shape index (κ1) is 31.6. The van der Waals surface area contributed by atoms with Gasteiger partial charge in [-0.25, -0.2) is 0 Å². The van der Waals surface area contributed by atoms with E-state index in [1.165, 1.54) is 109 Å². The molecule has 0 nitrogen and oxygen atoms in total. The summed E-state index contributed by atoms with van der Waals surface area (Å²) in [7, 11) is 0. The molecular formula is C56H36S. The maximum atomic E-state index is 2.48. The quantitative estimate of drug-likeness (QED) is 0.166. The highest BCUT2D eigenvalue weighted by molar-refractivity contribution is 7.25. The molecule has 1 unspecified atom stereocenters. The minimum atomic E-state index is -0.478. The van der Waals surface area contributed by atoms with Gasteiger partial charge in [0.25, 0.3) is 0 Å². The van der Waals surface area contributed by atoms with Gasteiger partial charge in [-0.1, -0.05) is 182 Å². The molecule has 0 N–H and O–H groups in total. The standard InChI is InChI=1S/C56H36S/c1-6-20-45-39(14-1)40-15-2-7-21-46(40)55(45)49-24-10-11-25-50(49)56(47-22-8-3-16-41(47)42-17-4-9-23-48(42)56)54-38(19-13-26-51(54)55)36-30-28-35(29-31-36)37-32-33-44-43-18-5-12-27-52(43)57-53(44)34-37/h1-3,5-16,18-34H,4,17H2. The smallest absolute Gasteiger partial charge is 0.0722 e. The van der Waals surface area contributed by atoms with Crippen LogP contribution in [0, 0.1) is 0 Å². The van der Waals surface area contributed by atoms with E-state index in [1.807, 2.05) is 11.3 Å². The van der Waals surface area contributed by atoms with Crippen molar-refractivity contribution < 1.29 is 0 Å². The summed E-state index contributed by atoms with van der Waals surface area (Å²) in [6.45, 7) is 0. The van der Waals surface area contributed by atoms with E-state index in [2.05, 4.69) is 194 Å². The maximum absolute atomic E-state index is 2.48. The monoisotopic (exact) mass is 740 g/mol. The Balaban J connectivity index is 1.11. The first-order chi connectivity index (χ1) is 28.3. The molecule has 9 aromatic rings. The third-order valence-corrected chi connectivity index (χ3v) is 14.8. The summed E-state index contributed by atoms with van der Waals surface area (Å²) in [5.74, 6) is 0. The molecule has 0 aliphatic heterocycles. The van der Waals surface area contributed by atoms with Crippen molar-refractivity contribution >= 4 is 37.1 Å². The van der Waals surface area contributed by atoms with Gasteiger partial charge in [0, 0.05) is 20.2 Å². The largest absolute Gasteiger partial charge is 0.135 e. The van der Waals surface area contributed by atoms with Gasteiger partial charge in [-0.2, -0.15) is 0 Å². The Morgan fingerprint density at radius 3 is 1.68 bits per heavy atom. The van der Waals surface area contributed by atoms with Gasteiger partial charge in [0.1, 0.15) is 0 Å². The van der Waals surface area contributed by atoms with Crippen molar-refractivity contribution in [3.8, 4) is 33.4 Å². The molecule has 2 spiro atoms. The molecule has 0 bridgehead atoms. The molecule has 0 radical (unpaired) electrons. The lowest BCUT2D eigenvalue weighted by Gasteiger charge is -2.50. The third-order valence-electron chi connectivity index (χ3n) is 13.7. The molecule has 8 aromatic carbocycles. The van der Waals surface area contributed by atoms with Crippen LogP contribution in [0.15, 0.2) is 200 Å². The average Bonchev–Trinajstić information content (AvgIpc) is 3.91. The van der Waals surface area contributed by atoms with E-state index in [1.54, 1.807) is 0 Å².